The Balaban J connectivity index is 2.26. The quantitative estimate of drug-likeness (QED) is 0.907. The Morgan fingerprint density at radius 3 is 2.22 bits per heavy atom. The molecule has 3 heteroatoms. The summed E-state index contributed by atoms with van der Waals surface area (Å²) in [6, 6.07) is 15.7. The molecule has 94 valence electrons. The zero-order valence-corrected chi connectivity index (χ0v) is 11.4. The molecule has 0 unspecified atom stereocenters. The third-order valence-electron chi connectivity index (χ3n) is 2.54. The second-order valence-electron chi connectivity index (χ2n) is 4.42. The highest BCUT2D eigenvalue weighted by molar-refractivity contribution is 7.99. The summed E-state index contributed by atoms with van der Waals surface area (Å²) in [6.07, 6.45) is 0. The molecule has 2 rings (SSSR count). The molecule has 0 atom stereocenters. The Labute approximate surface area is 112 Å². The number of hydrogen-bond donors (Lipinski definition) is 1. The first-order valence-corrected chi connectivity index (χ1v) is 6.67. The van der Waals surface area contributed by atoms with Gasteiger partial charge in [0.1, 0.15) is 5.75 Å². The van der Waals surface area contributed by atoms with Crippen LogP contribution in [0.4, 0.5) is 0 Å². The fourth-order valence-electron chi connectivity index (χ4n) is 1.74. The van der Waals surface area contributed by atoms with Gasteiger partial charge in [0.05, 0.1) is 4.90 Å². The van der Waals surface area contributed by atoms with Crippen molar-refractivity contribution in [2.75, 3.05) is 14.1 Å². The molecule has 0 bridgehead atoms. The first kappa shape index (κ1) is 13.0. The lowest BCUT2D eigenvalue weighted by molar-refractivity contribution is 0.399. The Hall–Kier alpha value is -1.45. The summed E-state index contributed by atoms with van der Waals surface area (Å²) in [4.78, 5) is 4.22. The van der Waals surface area contributed by atoms with Gasteiger partial charge in [0.15, 0.2) is 0 Å². The predicted molar refractivity (Wildman–Crippen MR) is 76.1 cm³/mol. The van der Waals surface area contributed by atoms with Gasteiger partial charge >= 0.3 is 0 Å². The summed E-state index contributed by atoms with van der Waals surface area (Å²) in [6.45, 7) is 0.900. The number of benzene rings is 2. The Morgan fingerprint density at radius 1 is 0.944 bits per heavy atom. The van der Waals surface area contributed by atoms with Crippen LogP contribution in [0.5, 0.6) is 5.75 Å². The maximum Gasteiger partial charge on any atom is 0.129 e. The highest BCUT2D eigenvalue weighted by atomic mass is 32.2. The molecule has 0 aliphatic rings. The molecule has 0 spiro atoms. The Bertz CT molecular complexity index is 525. The van der Waals surface area contributed by atoms with E-state index in [0.29, 0.717) is 5.75 Å². The zero-order chi connectivity index (χ0) is 13.0. The van der Waals surface area contributed by atoms with Crippen molar-refractivity contribution in [2.24, 2.45) is 0 Å². The van der Waals surface area contributed by atoms with Crippen LogP contribution in [-0.2, 0) is 6.54 Å². The van der Waals surface area contributed by atoms with E-state index in [-0.39, 0.29) is 0 Å². The van der Waals surface area contributed by atoms with Crippen LogP contribution in [0.3, 0.4) is 0 Å². The maximum absolute atomic E-state index is 9.81. The van der Waals surface area contributed by atoms with E-state index in [0.717, 1.165) is 11.4 Å². The molecule has 0 radical (unpaired) electrons. The molecule has 1 N–H and O–H groups in total. The molecule has 0 aliphatic heterocycles. The van der Waals surface area contributed by atoms with Gasteiger partial charge in [0.25, 0.3) is 0 Å². The van der Waals surface area contributed by atoms with Gasteiger partial charge in [0, 0.05) is 11.4 Å². The minimum absolute atomic E-state index is 0.335. The van der Waals surface area contributed by atoms with E-state index in [9.17, 15) is 5.11 Å². The fourth-order valence-corrected chi connectivity index (χ4v) is 2.70. The molecule has 18 heavy (non-hydrogen) atoms. The average molecular weight is 259 g/mol. The second kappa shape index (κ2) is 5.94. The van der Waals surface area contributed by atoms with Crippen molar-refractivity contribution in [2.45, 2.75) is 16.3 Å². The van der Waals surface area contributed by atoms with E-state index in [2.05, 4.69) is 31.1 Å². The van der Waals surface area contributed by atoms with Crippen LogP contribution in [0.15, 0.2) is 58.3 Å². The van der Waals surface area contributed by atoms with Gasteiger partial charge < -0.3 is 10.0 Å². The van der Waals surface area contributed by atoms with Crippen LogP contribution >= 0.6 is 11.8 Å². The molecule has 2 aromatic rings. The number of aromatic hydroxyl groups is 1. The van der Waals surface area contributed by atoms with Gasteiger partial charge in [-0.3, -0.25) is 0 Å². The summed E-state index contributed by atoms with van der Waals surface area (Å²) in [5.41, 5.74) is 1.27. The number of phenolic OH excluding ortho intramolecular Hbond substituents is 1. The van der Waals surface area contributed by atoms with Crippen LogP contribution in [0, 0.1) is 0 Å². The van der Waals surface area contributed by atoms with Gasteiger partial charge in [-0.1, -0.05) is 42.1 Å². The predicted octanol–water partition coefficient (Wildman–Crippen LogP) is 3.61. The molecule has 0 saturated carbocycles. The van der Waals surface area contributed by atoms with E-state index in [1.165, 1.54) is 10.5 Å². The molecule has 0 aliphatic carbocycles. The SMILES string of the molecule is CN(C)Cc1ccccc1Sc1ccccc1O. The summed E-state index contributed by atoms with van der Waals surface area (Å²) < 4.78 is 0. The lowest BCUT2D eigenvalue weighted by Crippen LogP contribution is -2.11. The third kappa shape index (κ3) is 3.28. The molecule has 2 nitrogen and oxygen atoms in total. The van der Waals surface area contributed by atoms with Crippen molar-refractivity contribution in [3.05, 3.63) is 54.1 Å². The molecular weight excluding hydrogens is 242 g/mol. The van der Waals surface area contributed by atoms with Gasteiger partial charge in [-0.15, -0.1) is 0 Å². The lowest BCUT2D eigenvalue weighted by atomic mass is 10.2. The van der Waals surface area contributed by atoms with E-state index >= 15 is 0 Å². The summed E-state index contributed by atoms with van der Waals surface area (Å²) in [5, 5.41) is 9.81. The molecule has 0 fully saturated rings. The smallest absolute Gasteiger partial charge is 0.129 e. The van der Waals surface area contributed by atoms with Crippen molar-refractivity contribution < 1.29 is 5.11 Å². The third-order valence-corrected chi connectivity index (χ3v) is 3.73. The molecule has 0 saturated heterocycles. The van der Waals surface area contributed by atoms with Gasteiger partial charge in [-0.05, 0) is 37.9 Å². The number of rotatable bonds is 4. The molecule has 0 aromatic heterocycles. The first-order chi connectivity index (χ1) is 8.66. The normalized spacial score (nSPS) is 10.8. The van der Waals surface area contributed by atoms with Crippen LogP contribution < -0.4 is 0 Å². The van der Waals surface area contributed by atoms with Crippen molar-refractivity contribution in [1.82, 2.24) is 4.90 Å². The molecule has 0 amide bonds. The number of phenols is 1. The number of para-hydroxylation sites is 1. The van der Waals surface area contributed by atoms with Gasteiger partial charge in [-0.2, -0.15) is 0 Å². The van der Waals surface area contributed by atoms with E-state index < -0.39 is 0 Å². The van der Waals surface area contributed by atoms with Gasteiger partial charge in [-0.25, -0.2) is 0 Å². The number of nitrogens with zero attached hydrogens (tertiary/aromatic N) is 1. The highest BCUT2D eigenvalue weighted by Crippen LogP contribution is 2.35. The standard InChI is InChI=1S/C15H17NOS/c1-16(2)11-12-7-3-5-9-14(12)18-15-10-6-4-8-13(15)17/h3-10,17H,11H2,1-2H3. The van der Waals surface area contributed by atoms with E-state index in [1.807, 2.05) is 30.3 Å². The van der Waals surface area contributed by atoms with E-state index in [1.54, 1.807) is 17.8 Å². The first-order valence-electron chi connectivity index (χ1n) is 5.85. The molecular formula is C15H17NOS. The topological polar surface area (TPSA) is 23.5 Å². The summed E-state index contributed by atoms with van der Waals surface area (Å²) >= 11 is 1.61. The fraction of sp³-hybridized carbons (Fsp3) is 0.200. The average Bonchev–Trinajstić information content (AvgIpc) is 2.34. The van der Waals surface area contributed by atoms with Gasteiger partial charge in [0.2, 0.25) is 0 Å². The highest BCUT2D eigenvalue weighted by Gasteiger charge is 2.07. The van der Waals surface area contributed by atoms with E-state index in [4.69, 9.17) is 0 Å². The summed E-state index contributed by atoms with van der Waals surface area (Å²) in [7, 11) is 4.11. The zero-order valence-electron chi connectivity index (χ0n) is 10.6. The largest absolute Gasteiger partial charge is 0.507 e. The summed E-state index contributed by atoms with van der Waals surface area (Å²) in [5.74, 6) is 0.335. The minimum Gasteiger partial charge on any atom is -0.507 e. The lowest BCUT2D eigenvalue weighted by Gasteiger charge is -2.14. The Morgan fingerprint density at radius 2 is 1.56 bits per heavy atom. The van der Waals surface area contributed by atoms with Crippen LogP contribution in [0.2, 0.25) is 0 Å². The van der Waals surface area contributed by atoms with Crippen molar-refractivity contribution in [3.63, 3.8) is 0 Å². The van der Waals surface area contributed by atoms with Crippen molar-refractivity contribution in [1.29, 1.82) is 0 Å². The molecule has 0 heterocycles. The Kier molecular flexibility index (Phi) is 4.28. The van der Waals surface area contributed by atoms with Crippen LogP contribution in [0.25, 0.3) is 0 Å². The van der Waals surface area contributed by atoms with Crippen LogP contribution in [0.1, 0.15) is 5.56 Å². The molecule has 2 aromatic carbocycles. The maximum atomic E-state index is 9.81. The van der Waals surface area contributed by atoms with Crippen LogP contribution in [-0.4, -0.2) is 24.1 Å². The minimum atomic E-state index is 0.335. The number of hydrogen-bond acceptors (Lipinski definition) is 3. The van der Waals surface area contributed by atoms with Crippen molar-refractivity contribution in [3.8, 4) is 5.75 Å². The second-order valence-corrected chi connectivity index (χ2v) is 5.50. The monoisotopic (exact) mass is 259 g/mol. The van der Waals surface area contributed by atoms with Crippen molar-refractivity contribution >= 4 is 11.8 Å².